The van der Waals surface area contributed by atoms with E-state index < -0.39 is 21.8 Å². The van der Waals surface area contributed by atoms with E-state index in [1.165, 1.54) is 66.7 Å². The topological polar surface area (TPSA) is 118 Å². The number of nitrogens with one attached hydrogen (secondary N) is 2. The first kappa shape index (κ1) is 21.6. The molecule has 0 heterocycles. The predicted molar refractivity (Wildman–Crippen MR) is 117 cm³/mol. The molecule has 10 heteroatoms. The molecule has 2 amide bonds. The molecule has 0 atom stereocenters. The number of hydrogen-bond donors (Lipinski definition) is 3. The Hall–Kier alpha value is -3.07. The van der Waals surface area contributed by atoms with Gasteiger partial charge >= 0.3 is 0 Å². The van der Waals surface area contributed by atoms with Gasteiger partial charge in [0.05, 0.1) is 16.1 Å². The maximum atomic E-state index is 12.8. The van der Waals surface area contributed by atoms with Gasteiger partial charge in [0.15, 0.2) is 0 Å². The highest BCUT2D eigenvalue weighted by molar-refractivity contribution is 7.92. The normalized spacial score (nSPS) is 11.0. The van der Waals surface area contributed by atoms with Crippen LogP contribution in [0.3, 0.4) is 0 Å². The lowest BCUT2D eigenvalue weighted by Gasteiger charge is -2.13. The fourth-order valence-electron chi connectivity index (χ4n) is 2.53. The van der Waals surface area contributed by atoms with Crippen LogP contribution in [0.4, 0.5) is 11.4 Å². The highest BCUT2D eigenvalue weighted by Crippen LogP contribution is 2.25. The minimum absolute atomic E-state index is 0.0130. The molecule has 7 nitrogen and oxygen atoms in total. The fourth-order valence-corrected chi connectivity index (χ4v) is 3.90. The van der Waals surface area contributed by atoms with Crippen LogP contribution in [-0.4, -0.2) is 20.2 Å². The Bertz CT molecular complexity index is 1210. The van der Waals surface area contributed by atoms with Crippen molar-refractivity contribution in [3.8, 4) is 0 Å². The molecule has 0 fully saturated rings. The number of halogens is 2. The molecule has 0 aliphatic carbocycles. The molecule has 0 spiro atoms. The van der Waals surface area contributed by atoms with Crippen LogP contribution < -0.4 is 15.8 Å². The van der Waals surface area contributed by atoms with Gasteiger partial charge in [-0.15, -0.1) is 0 Å². The number of primary amides is 1. The average Bonchev–Trinajstić information content (AvgIpc) is 2.70. The summed E-state index contributed by atoms with van der Waals surface area (Å²) in [5.74, 6) is -1.19. The molecule has 4 N–H and O–H groups in total. The van der Waals surface area contributed by atoms with E-state index in [1.54, 1.807) is 0 Å². The van der Waals surface area contributed by atoms with Gasteiger partial charge < -0.3 is 11.1 Å². The van der Waals surface area contributed by atoms with Crippen molar-refractivity contribution in [2.24, 2.45) is 5.73 Å². The van der Waals surface area contributed by atoms with Crippen LogP contribution in [0.2, 0.25) is 10.0 Å². The van der Waals surface area contributed by atoms with Crippen molar-refractivity contribution in [2.75, 3.05) is 10.0 Å². The van der Waals surface area contributed by atoms with Crippen LogP contribution in [0.15, 0.2) is 71.6 Å². The summed E-state index contributed by atoms with van der Waals surface area (Å²) in [7, 11) is -3.97. The van der Waals surface area contributed by atoms with Crippen molar-refractivity contribution in [3.05, 3.63) is 87.9 Å². The van der Waals surface area contributed by atoms with E-state index in [9.17, 15) is 18.0 Å². The molecule has 0 aliphatic heterocycles. The number of benzene rings is 3. The SMILES string of the molecule is NC(=O)c1ccc(NC(=O)c2cc(Cl)ccc2NS(=O)(=O)c2ccc(Cl)cc2)cc1. The maximum Gasteiger partial charge on any atom is 0.261 e. The lowest BCUT2D eigenvalue weighted by molar-refractivity contribution is 0.0998. The van der Waals surface area contributed by atoms with Crippen LogP contribution in [0.25, 0.3) is 0 Å². The first-order valence-corrected chi connectivity index (χ1v) is 10.7. The molecule has 0 radical (unpaired) electrons. The second-order valence-electron chi connectivity index (χ2n) is 6.15. The summed E-state index contributed by atoms with van der Waals surface area (Å²) in [4.78, 5) is 23.9. The van der Waals surface area contributed by atoms with E-state index in [-0.39, 0.29) is 26.7 Å². The van der Waals surface area contributed by atoms with Crippen LogP contribution in [-0.2, 0) is 10.0 Å². The van der Waals surface area contributed by atoms with Crippen LogP contribution in [0, 0.1) is 0 Å². The number of nitrogens with two attached hydrogens (primary N) is 1. The van der Waals surface area contributed by atoms with Gasteiger partial charge in [0, 0.05) is 21.3 Å². The average molecular weight is 464 g/mol. The van der Waals surface area contributed by atoms with E-state index in [1.807, 2.05) is 0 Å². The molecular weight excluding hydrogens is 449 g/mol. The molecule has 30 heavy (non-hydrogen) atoms. The minimum atomic E-state index is -3.97. The van der Waals surface area contributed by atoms with Gasteiger partial charge in [-0.25, -0.2) is 8.42 Å². The van der Waals surface area contributed by atoms with Crippen LogP contribution >= 0.6 is 23.2 Å². The third-order valence-electron chi connectivity index (χ3n) is 4.02. The third kappa shape index (κ3) is 5.10. The number of anilines is 2. The Morgan fingerprint density at radius 1 is 0.833 bits per heavy atom. The van der Waals surface area contributed by atoms with E-state index in [0.29, 0.717) is 10.7 Å². The quantitative estimate of drug-likeness (QED) is 0.508. The van der Waals surface area contributed by atoms with E-state index in [4.69, 9.17) is 28.9 Å². The van der Waals surface area contributed by atoms with Crippen molar-refractivity contribution in [1.29, 1.82) is 0 Å². The number of amides is 2. The van der Waals surface area contributed by atoms with Gasteiger partial charge in [0.1, 0.15) is 0 Å². The highest BCUT2D eigenvalue weighted by atomic mass is 35.5. The van der Waals surface area contributed by atoms with Crippen molar-refractivity contribution in [1.82, 2.24) is 0 Å². The molecule has 0 aromatic heterocycles. The fraction of sp³-hybridized carbons (Fsp3) is 0. The zero-order valence-corrected chi connectivity index (χ0v) is 17.6. The molecule has 3 aromatic rings. The summed E-state index contributed by atoms with van der Waals surface area (Å²) in [5, 5.41) is 3.26. The minimum Gasteiger partial charge on any atom is -0.366 e. The van der Waals surface area contributed by atoms with Crippen LogP contribution in [0.5, 0.6) is 0 Å². The van der Waals surface area contributed by atoms with Crippen molar-refractivity contribution < 1.29 is 18.0 Å². The Morgan fingerprint density at radius 3 is 2.03 bits per heavy atom. The number of rotatable bonds is 6. The molecule has 3 rings (SSSR count). The highest BCUT2D eigenvalue weighted by Gasteiger charge is 2.19. The monoisotopic (exact) mass is 463 g/mol. The molecule has 0 saturated heterocycles. The third-order valence-corrected chi connectivity index (χ3v) is 5.89. The van der Waals surface area contributed by atoms with Crippen molar-refractivity contribution in [2.45, 2.75) is 4.90 Å². The smallest absolute Gasteiger partial charge is 0.261 e. The number of carbonyl (C=O) groups is 2. The van der Waals surface area contributed by atoms with E-state index in [0.717, 1.165) is 0 Å². The number of hydrogen-bond acceptors (Lipinski definition) is 4. The van der Waals surface area contributed by atoms with Gasteiger partial charge in [-0.2, -0.15) is 0 Å². The van der Waals surface area contributed by atoms with Gasteiger partial charge in [-0.05, 0) is 66.7 Å². The van der Waals surface area contributed by atoms with Gasteiger partial charge in [0.25, 0.3) is 15.9 Å². The zero-order valence-electron chi connectivity index (χ0n) is 15.2. The van der Waals surface area contributed by atoms with Gasteiger partial charge in [-0.1, -0.05) is 23.2 Å². The Kier molecular flexibility index (Phi) is 6.31. The predicted octanol–water partition coefficient (Wildman–Crippen LogP) is 4.15. The Balaban J connectivity index is 1.88. The molecule has 0 unspecified atom stereocenters. The van der Waals surface area contributed by atoms with Gasteiger partial charge in [-0.3, -0.25) is 14.3 Å². The van der Waals surface area contributed by atoms with E-state index >= 15 is 0 Å². The molecule has 0 saturated carbocycles. The summed E-state index contributed by atoms with van der Waals surface area (Å²) in [5.41, 5.74) is 5.92. The first-order chi connectivity index (χ1) is 14.2. The summed E-state index contributed by atoms with van der Waals surface area (Å²) >= 11 is 11.8. The Labute approximate surface area is 182 Å². The van der Waals surface area contributed by atoms with E-state index in [2.05, 4.69) is 10.0 Å². The molecule has 0 bridgehead atoms. The maximum absolute atomic E-state index is 12.8. The number of sulfonamides is 1. The summed E-state index contributed by atoms with van der Waals surface area (Å²) in [6.07, 6.45) is 0. The summed E-state index contributed by atoms with van der Waals surface area (Å²) < 4.78 is 27.7. The lowest BCUT2D eigenvalue weighted by Crippen LogP contribution is -2.19. The summed E-state index contributed by atoms with van der Waals surface area (Å²) in [6, 6.07) is 15.7. The zero-order chi connectivity index (χ0) is 21.9. The molecule has 3 aromatic carbocycles. The second-order valence-corrected chi connectivity index (χ2v) is 8.70. The molecule has 0 aliphatic rings. The Morgan fingerprint density at radius 2 is 1.43 bits per heavy atom. The summed E-state index contributed by atoms with van der Waals surface area (Å²) in [6.45, 7) is 0. The van der Waals surface area contributed by atoms with Gasteiger partial charge in [0.2, 0.25) is 5.91 Å². The second kappa shape index (κ2) is 8.74. The van der Waals surface area contributed by atoms with Crippen LogP contribution in [0.1, 0.15) is 20.7 Å². The lowest BCUT2D eigenvalue weighted by atomic mass is 10.1. The van der Waals surface area contributed by atoms with Crippen molar-refractivity contribution >= 4 is 56.4 Å². The van der Waals surface area contributed by atoms with Crippen molar-refractivity contribution in [3.63, 3.8) is 0 Å². The largest absolute Gasteiger partial charge is 0.366 e. The first-order valence-electron chi connectivity index (χ1n) is 8.45. The standard InChI is InChI=1S/C20H15Cl2N3O4S/c21-13-3-8-16(9-4-13)30(28,29)25-18-10-5-14(22)11-17(18)20(27)24-15-6-1-12(2-7-15)19(23)26/h1-11,25H,(H2,23,26)(H,24,27). The molecule has 154 valence electrons. The molecular formula is C20H15Cl2N3O4S. The number of carbonyl (C=O) groups excluding carboxylic acids is 2.